The molecule has 0 atom stereocenters. The van der Waals surface area contributed by atoms with E-state index in [-0.39, 0.29) is 0 Å². The summed E-state index contributed by atoms with van der Waals surface area (Å²) in [6, 6.07) is 3.94. The number of anilines is 1. The van der Waals surface area contributed by atoms with Gasteiger partial charge < -0.3 is 10.5 Å². The highest BCUT2D eigenvalue weighted by Crippen LogP contribution is 2.33. The molecule has 0 aliphatic rings. The molecule has 0 spiro atoms. The number of nitrogens with zero attached hydrogens (tertiary/aromatic N) is 2. The van der Waals surface area contributed by atoms with Gasteiger partial charge in [-0.05, 0) is 25.3 Å². The molecule has 0 radical (unpaired) electrons. The summed E-state index contributed by atoms with van der Waals surface area (Å²) in [7, 11) is 1.62. The van der Waals surface area contributed by atoms with E-state index in [2.05, 4.69) is 9.97 Å². The Bertz CT molecular complexity index is 542. The van der Waals surface area contributed by atoms with Crippen molar-refractivity contribution in [1.29, 1.82) is 0 Å². The van der Waals surface area contributed by atoms with E-state index in [4.69, 9.17) is 10.5 Å². The molecule has 1 aromatic heterocycles. The Labute approximate surface area is 98.2 Å². The highest BCUT2D eigenvalue weighted by atomic mass is 32.2. The number of rotatable bonds is 2. The van der Waals surface area contributed by atoms with Gasteiger partial charge in [-0.2, -0.15) is 0 Å². The number of ether oxygens (including phenoxy) is 1. The SMILES string of the molecule is COc1cc(SC)cc2nc(C)nc(N)c12. The number of nitrogen functional groups attached to an aromatic ring is 1. The van der Waals surface area contributed by atoms with Crippen molar-refractivity contribution in [3.8, 4) is 5.75 Å². The van der Waals surface area contributed by atoms with Crippen molar-refractivity contribution >= 4 is 28.5 Å². The average molecular weight is 235 g/mol. The van der Waals surface area contributed by atoms with E-state index < -0.39 is 0 Å². The van der Waals surface area contributed by atoms with Gasteiger partial charge in [0.15, 0.2) is 0 Å². The summed E-state index contributed by atoms with van der Waals surface area (Å²) in [5.74, 6) is 1.86. The second-order valence-electron chi connectivity index (χ2n) is 3.38. The summed E-state index contributed by atoms with van der Waals surface area (Å²) in [6.07, 6.45) is 2.01. The Morgan fingerprint density at radius 2 is 2.06 bits per heavy atom. The molecule has 84 valence electrons. The second kappa shape index (κ2) is 4.17. The third-order valence-corrected chi connectivity index (χ3v) is 3.04. The van der Waals surface area contributed by atoms with E-state index in [1.54, 1.807) is 18.9 Å². The Kier molecular flexibility index (Phi) is 2.87. The van der Waals surface area contributed by atoms with Crippen LogP contribution in [0.25, 0.3) is 10.9 Å². The Hall–Kier alpha value is -1.49. The quantitative estimate of drug-likeness (QED) is 0.809. The maximum absolute atomic E-state index is 5.89. The molecule has 16 heavy (non-hydrogen) atoms. The van der Waals surface area contributed by atoms with Gasteiger partial charge in [0, 0.05) is 4.90 Å². The zero-order valence-corrected chi connectivity index (χ0v) is 10.3. The Morgan fingerprint density at radius 3 is 2.69 bits per heavy atom. The van der Waals surface area contributed by atoms with Crippen LogP contribution in [0, 0.1) is 6.92 Å². The smallest absolute Gasteiger partial charge is 0.138 e. The van der Waals surface area contributed by atoms with E-state index in [1.165, 1.54) is 0 Å². The lowest BCUT2D eigenvalue weighted by atomic mass is 10.2. The van der Waals surface area contributed by atoms with Crippen LogP contribution in [0.4, 0.5) is 5.82 Å². The molecule has 0 unspecified atom stereocenters. The van der Waals surface area contributed by atoms with E-state index in [0.717, 1.165) is 21.5 Å². The fraction of sp³-hybridized carbons (Fsp3) is 0.273. The molecule has 0 amide bonds. The molecule has 4 nitrogen and oxygen atoms in total. The highest BCUT2D eigenvalue weighted by molar-refractivity contribution is 7.98. The van der Waals surface area contributed by atoms with Gasteiger partial charge in [-0.1, -0.05) is 0 Å². The lowest BCUT2D eigenvalue weighted by molar-refractivity contribution is 0.419. The minimum atomic E-state index is 0.465. The lowest BCUT2D eigenvalue weighted by Crippen LogP contribution is -1.99. The number of fused-ring (bicyclic) bond motifs is 1. The second-order valence-corrected chi connectivity index (χ2v) is 4.26. The predicted molar refractivity (Wildman–Crippen MR) is 67.0 cm³/mol. The summed E-state index contributed by atoms with van der Waals surface area (Å²) in [5, 5.41) is 0.783. The number of aromatic nitrogens is 2. The van der Waals surface area contributed by atoms with E-state index in [1.807, 2.05) is 25.3 Å². The molecular formula is C11H13N3OS. The van der Waals surface area contributed by atoms with Gasteiger partial charge >= 0.3 is 0 Å². The van der Waals surface area contributed by atoms with E-state index >= 15 is 0 Å². The molecule has 2 aromatic rings. The summed E-state index contributed by atoms with van der Waals surface area (Å²) in [4.78, 5) is 9.61. The van der Waals surface area contributed by atoms with Gasteiger partial charge in [0.2, 0.25) is 0 Å². The Balaban J connectivity index is 2.83. The van der Waals surface area contributed by atoms with Crippen molar-refractivity contribution in [2.24, 2.45) is 0 Å². The van der Waals surface area contributed by atoms with E-state index in [9.17, 15) is 0 Å². The number of hydrogen-bond acceptors (Lipinski definition) is 5. The summed E-state index contributed by atoms with van der Waals surface area (Å²) in [6.45, 7) is 1.83. The van der Waals surface area contributed by atoms with Crippen LogP contribution in [0.3, 0.4) is 0 Å². The summed E-state index contributed by atoms with van der Waals surface area (Å²) < 4.78 is 5.32. The van der Waals surface area contributed by atoms with Crippen LogP contribution in [0.15, 0.2) is 17.0 Å². The monoisotopic (exact) mass is 235 g/mol. The first-order chi connectivity index (χ1) is 7.65. The number of hydrogen-bond donors (Lipinski definition) is 1. The normalized spacial score (nSPS) is 10.7. The number of methoxy groups -OCH3 is 1. The van der Waals surface area contributed by atoms with Gasteiger partial charge in [0.25, 0.3) is 0 Å². The molecule has 1 heterocycles. The van der Waals surface area contributed by atoms with Gasteiger partial charge in [0.05, 0.1) is 18.0 Å². The molecule has 0 saturated heterocycles. The van der Waals surface area contributed by atoms with Crippen molar-refractivity contribution in [1.82, 2.24) is 9.97 Å². The van der Waals surface area contributed by atoms with Crippen molar-refractivity contribution in [3.05, 3.63) is 18.0 Å². The van der Waals surface area contributed by atoms with Gasteiger partial charge in [-0.3, -0.25) is 0 Å². The van der Waals surface area contributed by atoms with Crippen molar-refractivity contribution in [2.45, 2.75) is 11.8 Å². The number of aryl methyl sites for hydroxylation is 1. The molecule has 0 aliphatic carbocycles. The topological polar surface area (TPSA) is 61.0 Å². The van der Waals surface area contributed by atoms with Crippen molar-refractivity contribution in [3.63, 3.8) is 0 Å². The first-order valence-electron chi connectivity index (χ1n) is 4.81. The third kappa shape index (κ3) is 1.78. The van der Waals surface area contributed by atoms with Gasteiger partial charge in [0.1, 0.15) is 17.4 Å². The van der Waals surface area contributed by atoms with Crippen LogP contribution in [0.2, 0.25) is 0 Å². The van der Waals surface area contributed by atoms with Crippen LogP contribution < -0.4 is 10.5 Å². The fourth-order valence-corrected chi connectivity index (χ4v) is 2.08. The van der Waals surface area contributed by atoms with Crippen LogP contribution in [-0.4, -0.2) is 23.3 Å². The highest BCUT2D eigenvalue weighted by Gasteiger charge is 2.10. The molecule has 1 aromatic carbocycles. The van der Waals surface area contributed by atoms with E-state index in [0.29, 0.717) is 11.6 Å². The zero-order chi connectivity index (χ0) is 11.7. The number of benzene rings is 1. The third-order valence-electron chi connectivity index (χ3n) is 2.33. The number of thioether (sulfide) groups is 1. The minimum Gasteiger partial charge on any atom is -0.496 e. The first kappa shape index (κ1) is 11.0. The molecule has 2 rings (SSSR count). The standard InChI is InChI=1S/C11H13N3OS/c1-6-13-8-4-7(16-3)5-9(15-2)10(8)11(12)14-6/h4-5H,1-3H3,(H2,12,13,14). The fourth-order valence-electron chi connectivity index (χ4n) is 1.63. The molecule has 0 fully saturated rings. The maximum atomic E-state index is 5.89. The number of nitrogens with two attached hydrogens (primary N) is 1. The molecular weight excluding hydrogens is 222 g/mol. The summed E-state index contributed by atoms with van der Waals surface area (Å²) in [5.41, 5.74) is 6.71. The largest absolute Gasteiger partial charge is 0.496 e. The zero-order valence-electron chi connectivity index (χ0n) is 9.44. The van der Waals surface area contributed by atoms with Crippen molar-refractivity contribution in [2.75, 3.05) is 19.1 Å². The van der Waals surface area contributed by atoms with Gasteiger partial charge in [-0.25, -0.2) is 9.97 Å². The predicted octanol–water partition coefficient (Wildman–Crippen LogP) is 2.25. The molecule has 0 aliphatic heterocycles. The van der Waals surface area contributed by atoms with Crippen molar-refractivity contribution < 1.29 is 4.74 Å². The average Bonchev–Trinajstić information content (AvgIpc) is 2.26. The minimum absolute atomic E-state index is 0.465. The van der Waals surface area contributed by atoms with Crippen LogP contribution in [0.1, 0.15) is 5.82 Å². The van der Waals surface area contributed by atoms with Crippen LogP contribution in [-0.2, 0) is 0 Å². The Morgan fingerprint density at radius 1 is 1.31 bits per heavy atom. The van der Waals surface area contributed by atoms with Crippen LogP contribution >= 0.6 is 11.8 Å². The molecule has 0 saturated carbocycles. The first-order valence-corrected chi connectivity index (χ1v) is 6.04. The lowest BCUT2D eigenvalue weighted by Gasteiger charge is -2.09. The summed E-state index contributed by atoms with van der Waals surface area (Å²) >= 11 is 1.64. The molecule has 2 N–H and O–H groups in total. The van der Waals surface area contributed by atoms with Crippen LogP contribution in [0.5, 0.6) is 5.75 Å². The molecule has 0 bridgehead atoms. The molecule has 5 heteroatoms. The van der Waals surface area contributed by atoms with Gasteiger partial charge in [-0.15, -0.1) is 11.8 Å². The maximum Gasteiger partial charge on any atom is 0.138 e.